The van der Waals surface area contributed by atoms with Gasteiger partial charge in [0.15, 0.2) is 0 Å². The fourth-order valence-corrected chi connectivity index (χ4v) is 3.07. The zero-order valence-corrected chi connectivity index (χ0v) is 16.1. The minimum absolute atomic E-state index is 0.0571. The van der Waals surface area contributed by atoms with Gasteiger partial charge in [-0.3, -0.25) is 4.90 Å². The Morgan fingerprint density at radius 1 is 1.18 bits per heavy atom. The number of amides is 2. The van der Waals surface area contributed by atoms with Crippen LogP contribution in [0, 0.1) is 5.82 Å². The minimum Gasteiger partial charge on any atom is -0.465 e. The molecule has 0 saturated carbocycles. The maximum absolute atomic E-state index is 13.6. The maximum atomic E-state index is 13.6. The predicted octanol–water partition coefficient (Wildman–Crippen LogP) is 3.72. The number of halogens is 2. The first kappa shape index (κ1) is 20.1. The van der Waals surface area contributed by atoms with Crippen molar-refractivity contribution in [2.75, 3.05) is 38.3 Å². The second-order valence-electron chi connectivity index (χ2n) is 6.26. The summed E-state index contributed by atoms with van der Waals surface area (Å²) in [7, 11) is 1.32. The lowest BCUT2D eigenvalue weighted by atomic mass is 10.1. The first-order chi connectivity index (χ1) is 13.5. The van der Waals surface area contributed by atoms with Crippen LogP contribution in [-0.2, 0) is 16.0 Å². The van der Waals surface area contributed by atoms with E-state index in [2.05, 4.69) is 0 Å². The highest BCUT2D eigenvalue weighted by molar-refractivity contribution is 6.31. The Labute approximate surface area is 167 Å². The number of hydrogen-bond acceptors (Lipinski definition) is 4. The fraction of sp³-hybridized carbons (Fsp3) is 0.300. The van der Waals surface area contributed by atoms with Gasteiger partial charge in [0.05, 0.1) is 37.5 Å². The molecule has 1 fully saturated rings. The molecule has 2 aromatic rings. The molecule has 1 heterocycles. The van der Waals surface area contributed by atoms with E-state index in [1.165, 1.54) is 30.2 Å². The van der Waals surface area contributed by atoms with Gasteiger partial charge in [0.2, 0.25) is 0 Å². The van der Waals surface area contributed by atoms with Crippen LogP contribution in [0.2, 0.25) is 5.02 Å². The molecular weight excluding hydrogens is 387 g/mol. The van der Waals surface area contributed by atoms with E-state index in [1.54, 1.807) is 29.2 Å². The molecule has 0 atom stereocenters. The number of ether oxygens (including phenoxy) is 2. The molecule has 1 saturated heterocycles. The van der Waals surface area contributed by atoms with Crippen LogP contribution in [0.3, 0.4) is 0 Å². The van der Waals surface area contributed by atoms with Gasteiger partial charge < -0.3 is 14.4 Å². The first-order valence-electron chi connectivity index (χ1n) is 8.76. The molecule has 0 spiro atoms. The number of benzene rings is 2. The Morgan fingerprint density at radius 2 is 1.86 bits per heavy atom. The molecule has 6 nitrogen and oxygen atoms in total. The van der Waals surface area contributed by atoms with Gasteiger partial charge in [-0.25, -0.2) is 14.0 Å². The Bertz CT molecular complexity index is 854. The van der Waals surface area contributed by atoms with Crippen LogP contribution in [0.5, 0.6) is 0 Å². The highest BCUT2D eigenvalue weighted by Gasteiger charge is 2.25. The SMILES string of the molecule is COC(=O)c1ccc(CN(C(=O)N2CCOCC2)c2ccc(F)c(Cl)c2)cc1. The van der Waals surface area contributed by atoms with Gasteiger partial charge in [0, 0.05) is 18.8 Å². The third kappa shape index (κ3) is 4.61. The van der Waals surface area contributed by atoms with Gasteiger partial charge in [0.1, 0.15) is 5.82 Å². The van der Waals surface area contributed by atoms with Crippen molar-refractivity contribution in [1.29, 1.82) is 0 Å². The van der Waals surface area contributed by atoms with E-state index in [1.807, 2.05) is 0 Å². The largest absolute Gasteiger partial charge is 0.465 e. The normalized spacial score (nSPS) is 13.9. The molecule has 0 N–H and O–H groups in total. The van der Waals surface area contributed by atoms with Crippen molar-refractivity contribution in [3.63, 3.8) is 0 Å². The summed E-state index contributed by atoms with van der Waals surface area (Å²) in [6, 6.07) is 10.7. The lowest BCUT2D eigenvalue weighted by molar-refractivity contribution is 0.0548. The number of morpholine rings is 1. The van der Waals surface area contributed by atoms with E-state index < -0.39 is 11.8 Å². The summed E-state index contributed by atoms with van der Waals surface area (Å²) in [5, 5.41) is -0.0571. The predicted molar refractivity (Wildman–Crippen MR) is 103 cm³/mol. The van der Waals surface area contributed by atoms with Gasteiger partial charge in [-0.2, -0.15) is 0 Å². The molecule has 0 bridgehead atoms. The highest BCUT2D eigenvalue weighted by Crippen LogP contribution is 2.25. The summed E-state index contributed by atoms with van der Waals surface area (Å²) in [5.74, 6) is -0.982. The number of carbonyl (C=O) groups excluding carboxylic acids is 2. The number of esters is 1. The van der Waals surface area contributed by atoms with Crippen molar-refractivity contribution in [2.24, 2.45) is 0 Å². The second kappa shape index (κ2) is 9.03. The van der Waals surface area contributed by atoms with Crippen molar-refractivity contribution < 1.29 is 23.5 Å². The summed E-state index contributed by atoms with van der Waals surface area (Å²) in [6.45, 7) is 2.13. The van der Waals surface area contributed by atoms with Crippen LogP contribution in [0.15, 0.2) is 42.5 Å². The average Bonchev–Trinajstić information content (AvgIpc) is 2.74. The average molecular weight is 407 g/mol. The third-order valence-corrected chi connectivity index (χ3v) is 4.73. The van der Waals surface area contributed by atoms with E-state index in [0.29, 0.717) is 37.6 Å². The summed E-state index contributed by atoms with van der Waals surface area (Å²) >= 11 is 5.92. The standard InChI is InChI=1S/C20H20ClFN2O4/c1-27-19(25)15-4-2-14(3-5-15)13-24(16-6-7-18(22)17(21)12-16)20(26)23-8-10-28-11-9-23/h2-7,12H,8-11,13H2,1H3. The monoisotopic (exact) mass is 406 g/mol. The van der Waals surface area contributed by atoms with Crippen LogP contribution >= 0.6 is 11.6 Å². The van der Waals surface area contributed by atoms with Gasteiger partial charge in [-0.1, -0.05) is 23.7 Å². The molecule has 3 rings (SSSR count). The lowest BCUT2D eigenvalue weighted by Gasteiger charge is -2.33. The molecule has 148 valence electrons. The quantitative estimate of drug-likeness (QED) is 0.726. The Kier molecular flexibility index (Phi) is 6.49. The van der Waals surface area contributed by atoms with Crippen LogP contribution in [-0.4, -0.2) is 50.3 Å². The molecule has 0 unspecified atom stereocenters. The zero-order valence-electron chi connectivity index (χ0n) is 15.4. The van der Waals surface area contributed by atoms with Gasteiger partial charge in [0.25, 0.3) is 0 Å². The summed E-state index contributed by atoms with van der Waals surface area (Å²) in [5.41, 5.74) is 1.71. The van der Waals surface area contributed by atoms with E-state index in [0.717, 1.165) is 5.56 Å². The number of nitrogens with zero attached hydrogens (tertiary/aromatic N) is 2. The highest BCUT2D eigenvalue weighted by atomic mass is 35.5. The van der Waals surface area contributed by atoms with E-state index in [-0.39, 0.29) is 17.6 Å². The molecule has 28 heavy (non-hydrogen) atoms. The van der Waals surface area contributed by atoms with E-state index >= 15 is 0 Å². The molecule has 0 aromatic heterocycles. The van der Waals surface area contributed by atoms with Crippen LogP contribution in [0.1, 0.15) is 15.9 Å². The number of urea groups is 1. The van der Waals surface area contributed by atoms with Crippen molar-refractivity contribution >= 4 is 29.3 Å². The molecular formula is C20H20ClFN2O4. The number of methoxy groups -OCH3 is 1. The van der Waals surface area contributed by atoms with Crippen LogP contribution in [0.25, 0.3) is 0 Å². The Balaban J connectivity index is 1.87. The topological polar surface area (TPSA) is 59.1 Å². The summed E-state index contributed by atoms with van der Waals surface area (Å²) in [6.07, 6.45) is 0. The number of hydrogen-bond donors (Lipinski definition) is 0. The molecule has 2 amide bonds. The van der Waals surface area contributed by atoms with Crippen molar-refractivity contribution in [3.05, 3.63) is 64.4 Å². The molecule has 0 aliphatic carbocycles. The number of rotatable bonds is 4. The Hall–Kier alpha value is -2.64. The molecule has 1 aliphatic rings. The first-order valence-corrected chi connectivity index (χ1v) is 9.14. The smallest absolute Gasteiger partial charge is 0.337 e. The van der Waals surface area contributed by atoms with E-state index in [9.17, 15) is 14.0 Å². The van der Waals surface area contributed by atoms with Crippen molar-refractivity contribution in [2.45, 2.75) is 6.54 Å². The van der Waals surface area contributed by atoms with Crippen molar-refractivity contribution in [1.82, 2.24) is 4.90 Å². The van der Waals surface area contributed by atoms with Gasteiger partial charge in [-0.05, 0) is 35.9 Å². The second-order valence-corrected chi connectivity index (χ2v) is 6.66. The lowest BCUT2D eigenvalue weighted by Crippen LogP contribution is -2.48. The van der Waals surface area contributed by atoms with Crippen molar-refractivity contribution in [3.8, 4) is 0 Å². The number of anilines is 1. The summed E-state index contributed by atoms with van der Waals surface area (Å²) in [4.78, 5) is 27.9. The Morgan fingerprint density at radius 3 is 2.46 bits per heavy atom. The number of carbonyl (C=O) groups is 2. The van der Waals surface area contributed by atoms with E-state index in [4.69, 9.17) is 21.1 Å². The van der Waals surface area contributed by atoms with Crippen LogP contribution in [0.4, 0.5) is 14.9 Å². The summed E-state index contributed by atoms with van der Waals surface area (Å²) < 4.78 is 23.6. The van der Waals surface area contributed by atoms with Gasteiger partial charge in [-0.15, -0.1) is 0 Å². The molecule has 0 radical (unpaired) electrons. The zero-order chi connectivity index (χ0) is 20.1. The van der Waals surface area contributed by atoms with Gasteiger partial charge >= 0.3 is 12.0 Å². The maximum Gasteiger partial charge on any atom is 0.337 e. The minimum atomic E-state index is -0.549. The fourth-order valence-electron chi connectivity index (χ4n) is 2.89. The molecule has 8 heteroatoms. The molecule has 1 aliphatic heterocycles. The third-order valence-electron chi connectivity index (χ3n) is 4.44. The molecule has 2 aromatic carbocycles. The van der Waals surface area contributed by atoms with Crippen LogP contribution < -0.4 is 4.90 Å².